The van der Waals surface area contributed by atoms with Crippen LogP contribution in [0.4, 0.5) is 0 Å². The number of para-hydroxylation sites is 1. The Morgan fingerprint density at radius 1 is 0.923 bits per heavy atom. The van der Waals surface area contributed by atoms with Crippen molar-refractivity contribution in [2.75, 3.05) is 7.11 Å². The second-order valence-electron chi connectivity index (χ2n) is 5.79. The standard InChI is InChI=1S/C21H16N2O3/c1-26-19-17(24)13-12-16-18(19)22-20(14-8-4-2-5-9-14)23(21(16)25)15-10-6-3-7-11-15/h2-13,24H,1H3. The third-order valence-electron chi connectivity index (χ3n) is 4.22. The van der Waals surface area contributed by atoms with Crippen LogP contribution in [0.1, 0.15) is 0 Å². The molecule has 0 saturated heterocycles. The number of hydrogen-bond donors (Lipinski definition) is 1. The van der Waals surface area contributed by atoms with Crippen molar-refractivity contribution in [3.05, 3.63) is 83.2 Å². The number of ether oxygens (including phenoxy) is 1. The van der Waals surface area contributed by atoms with E-state index in [1.54, 1.807) is 10.6 Å². The summed E-state index contributed by atoms with van der Waals surface area (Å²) in [6, 6.07) is 21.8. The number of benzene rings is 3. The van der Waals surface area contributed by atoms with E-state index in [1.807, 2.05) is 60.7 Å². The maximum Gasteiger partial charge on any atom is 0.266 e. The number of phenolic OH excluding ortho intramolecular Hbond substituents is 1. The first kappa shape index (κ1) is 15.9. The zero-order chi connectivity index (χ0) is 18.1. The van der Waals surface area contributed by atoms with Gasteiger partial charge in [-0.05, 0) is 24.3 Å². The Balaban J connectivity index is 2.17. The number of rotatable bonds is 3. The summed E-state index contributed by atoms with van der Waals surface area (Å²) in [4.78, 5) is 18.0. The van der Waals surface area contributed by atoms with E-state index in [-0.39, 0.29) is 17.1 Å². The molecule has 0 aliphatic heterocycles. The fraction of sp³-hybridized carbons (Fsp3) is 0.0476. The van der Waals surface area contributed by atoms with Gasteiger partial charge in [0.05, 0.1) is 18.2 Å². The molecular formula is C21H16N2O3. The monoisotopic (exact) mass is 344 g/mol. The van der Waals surface area contributed by atoms with Gasteiger partial charge < -0.3 is 9.84 Å². The van der Waals surface area contributed by atoms with Gasteiger partial charge in [0, 0.05) is 5.56 Å². The van der Waals surface area contributed by atoms with Gasteiger partial charge in [0.25, 0.3) is 5.56 Å². The number of phenols is 1. The SMILES string of the molecule is COc1c(O)ccc2c(=O)n(-c3ccccc3)c(-c3ccccc3)nc12. The van der Waals surface area contributed by atoms with E-state index >= 15 is 0 Å². The summed E-state index contributed by atoms with van der Waals surface area (Å²) in [6.07, 6.45) is 0. The first-order chi connectivity index (χ1) is 12.7. The van der Waals surface area contributed by atoms with Crippen LogP contribution in [0, 0.1) is 0 Å². The molecule has 5 heteroatoms. The van der Waals surface area contributed by atoms with Crippen molar-refractivity contribution in [2.24, 2.45) is 0 Å². The topological polar surface area (TPSA) is 64.3 Å². The van der Waals surface area contributed by atoms with Crippen molar-refractivity contribution in [3.63, 3.8) is 0 Å². The van der Waals surface area contributed by atoms with Crippen LogP contribution in [0.25, 0.3) is 28.0 Å². The van der Waals surface area contributed by atoms with Crippen LogP contribution in [0.2, 0.25) is 0 Å². The van der Waals surface area contributed by atoms with Crippen molar-refractivity contribution < 1.29 is 9.84 Å². The highest BCUT2D eigenvalue weighted by Crippen LogP contribution is 2.33. The van der Waals surface area contributed by atoms with Gasteiger partial charge in [0.2, 0.25) is 0 Å². The fourth-order valence-electron chi connectivity index (χ4n) is 3.02. The highest BCUT2D eigenvalue weighted by molar-refractivity contribution is 5.88. The highest BCUT2D eigenvalue weighted by atomic mass is 16.5. The van der Waals surface area contributed by atoms with Crippen LogP contribution in [-0.2, 0) is 0 Å². The van der Waals surface area contributed by atoms with Crippen LogP contribution in [0.5, 0.6) is 11.5 Å². The summed E-state index contributed by atoms with van der Waals surface area (Å²) < 4.78 is 6.87. The summed E-state index contributed by atoms with van der Waals surface area (Å²) >= 11 is 0. The van der Waals surface area contributed by atoms with Gasteiger partial charge in [-0.25, -0.2) is 4.98 Å². The Kier molecular flexibility index (Phi) is 3.89. The minimum atomic E-state index is -0.224. The lowest BCUT2D eigenvalue weighted by atomic mass is 10.1. The Bertz CT molecular complexity index is 1140. The second-order valence-corrected chi connectivity index (χ2v) is 5.79. The Hall–Kier alpha value is -3.60. The average molecular weight is 344 g/mol. The number of methoxy groups -OCH3 is 1. The number of aromatic nitrogens is 2. The van der Waals surface area contributed by atoms with Crippen LogP contribution in [0.3, 0.4) is 0 Å². The molecule has 1 aromatic heterocycles. The summed E-state index contributed by atoms with van der Waals surface area (Å²) in [7, 11) is 1.45. The maximum absolute atomic E-state index is 13.3. The Morgan fingerprint density at radius 2 is 1.58 bits per heavy atom. The molecule has 5 nitrogen and oxygen atoms in total. The third-order valence-corrected chi connectivity index (χ3v) is 4.22. The lowest BCUT2D eigenvalue weighted by molar-refractivity contribution is 0.377. The summed E-state index contributed by atoms with van der Waals surface area (Å²) in [5.74, 6) is 0.624. The number of fused-ring (bicyclic) bond motifs is 1. The van der Waals surface area contributed by atoms with Gasteiger partial charge in [-0.1, -0.05) is 48.5 Å². The van der Waals surface area contributed by atoms with Crippen molar-refractivity contribution in [1.29, 1.82) is 0 Å². The van der Waals surface area contributed by atoms with Crippen LogP contribution in [0.15, 0.2) is 77.6 Å². The zero-order valence-electron chi connectivity index (χ0n) is 14.1. The van der Waals surface area contributed by atoms with E-state index in [0.717, 1.165) is 11.3 Å². The van der Waals surface area contributed by atoms with Gasteiger partial charge >= 0.3 is 0 Å². The molecule has 0 saturated carbocycles. The number of hydrogen-bond acceptors (Lipinski definition) is 4. The molecule has 0 amide bonds. The second kappa shape index (κ2) is 6.37. The van der Waals surface area contributed by atoms with Crippen LogP contribution < -0.4 is 10.3 Å². The predicted molar refractivity (Wildman–Crippen MR) is 101 cm³/mol. The molecule has 0 radical (unpaired) electrons. The summed E-state index contributed by atoms with van der Waals surface area (Å²) in [6.45, 7) is 0. The minimum Gasteiger partial charge on any atom is -0.504 e. The summed E-state index contributed by atoms with van der Waals surface area (Å²) in [5, 5.41) is 10.5. The molecule has 0 unspecified atom stereocenters. The predicted octanol–water partition coefficient (Wildman–Crippen LogP) is 3.77. The molecule has 0 atom stereocenters. The molecule has 128 valence electrons. The maximum atomic E-state index is 13.3. The molecular weight excluding hydrogens is 328 g/mol. The van der Waals surface area contributed by atoms with Gasteiger partial charge in [0.15, 0.2) is 11.5 Å². The van der Waals surface area contributed by atoms with Crippen molar-refractivity contribution in [3.8, 4) is 28.6 Å². The number of aromatic hydroxyl groups is 1. The van der Waals surface area contributed by atoms with Crippen molar-refractivity contribution >= 4 is 10.9 Å². The largest absolute Gasteiger partial charge is 0.504 e. The minimum absolute atomic E-state index is 0.0524. The van der Waals surface area contributed by atoms with E-state index in [2.05, 4.69) is 0 Å². The zero-order valence-corrected chi connectivity index (χ0v) is 14.1. The van der Waals surface area contributed by atoms with E-state index in [9.17, 15) is 9.90 Å². The van der Waals surface area contributed by atoms with Crippen LogP contribution in [-0.4, -0.2) is 21.8 Å². The molecule has 0 aliphatic carbocycles. The molecule has 26 heavy (non-hydrogen) atoms. The van der Waals surface area contributed by atoms with E-state index in [4.69, 9.17) is 9.72 Å². The smallest absolute Gasteiger partial charge is 0.266 e. The molecule has 4 aromatic rings. The third kappa shape index (κ3) is 2.50. The molecule has 1 N–H and O–H groups in total. The lowest BCUT2D eigenvalue weighted by Gasteiger charge is -2.15. The van der Waals surface area contributed by atoms with E-state index in [1.165, 1.54) is 13.2 Å². The first-order valence-corrected chi connectivity index (χ1v) is 8.14. The summed E-state index contributed by atoms with van der Waals surface area (Å²) in [5.41, 5.74) is 1.63. The molecule has 0 fully saturated rings. The van der Waals surface area contributed by atoms with E-state index < -0.39 is 0 Å². The molecule has 0 spiro atoms. The number of nitrogens with zero attached hydrogens (tertiary/aromatic N) is 2. The van der Waals surface area contributed by atoms with Gasteiger partial charge in [-0.3, -0.25) is 9.36 Å². The quantitative estimate of drug-likeness (QED) is 0.614. The van der Waals surface area contributed by atoms with Gasteiger partial charge in [-0.15, -0.1) is 0 Å². The highest BCUT2D eigenvalue weighted by Gasteiger charge is 2.18. The molecule has 0 aliphatic rings. The average Bonchev–Trinajstić information content (AvgIpc) is 2.69. The first-order valence-electron chi connectivity index (χ1n) is 8.14. The van der Waals surface area contributed by atoms with E-state index in [0.29, 0.717) is 16.7 Å². The van der Waals surface area contributed by atoms with Gasteiger partial charge in [-0.2, -0.15) is 0 Å². The molecule has 4 rings (SSSR count). The van der Waals surface area contributed by atoms with Gasteiger partial charge in [0.1, 0.15) is 11.3 Å². The molecule has 1 heterocycles. The Morgan fingerprint density at radius 3 is 2.23 bits per heavy atom. The van der Waals surface area contributed by atoms with Crippen molar-refractivity contribution in [2.45, 2.75) is 0 Å². The molecule has 3 aromatic carbocycles. The normalized spacial score (nSPS) is 10.8. The van der Waals surface area contributed by atoms with Crippen LogP contribution >= 0.6 is 0 Å². The lowest BCUT2D eigenvalue weighted by Crippen LogP contribution is -2.22. The fourth-order valence-corrected chi connectivity index (χ4v) is 3.02. The van der Waals surface area contributed by atoms with Crippen molar-refractivity contribution in [1.82, 2.24) is 9.55 Å². The Labute approximate surface area is 149 Å². The molecule has 0 bridgehead atoms.